The standard InChI is InChI=1S/C29H29N3O4/c1-36-21-16-14-20(15-17-21)19-30-26(33)13-3-2-8-18-31-27-22-9-4-5-10-23(22)29(35)32(27)25-12-7-6-11-24(25)28(31)34/h4-7,9-12,14-17,27H,2-3,8,13,18-19H2,1H3,(H,30,33)/t27-/m0/s1. The van der Waals surface area contributed by atoms with Crippen molar-refractivity contribution in [2.75, 3.05) is 18.6 Å². The number of carbonyl (C=O) groups is 3. The largest absolute Gasteiger partial charge is 0.497 e. The van der Waals surface area contributed by atoms with Crippen LogP contribution in [0.2, 0.25) is 0 Å². The van der Waals surface area contributed by atoms with Gasteiger partial charge in [-0.1, -0.05) is 48.9 Å². The number of ether oxygens (including phenoxy) is 1. The Kier molecular flexibility index (Phi) is 6.71. The molecule has 36 heavy (non-hydrogen) atoms. The van der Waals surface area contributed by atoms with E-state index >= 15 is 0 Å². The molecule has 0 spiro atoms. The number of benzene rings is 3. The van der Waals surface area contributed by atoms with Gasteiger partial charge in [-0.15, -0.1) is 0 Å². The summed E-state index contributed by atoms with van der Waals surface area (Å²) in [6.07, 6.45) is 2.30. The summed E-state index contributed by atoms with van der Waals surface area (Å²) in [6.45, 7) is 0.999. The molecule has 0 saturated carbocycles. The van der Waals surface area contributed by atoms with Crippen molar-refractivity contribution >= 4 is 23.4 Å². The molecule has 2 heterocycles. The molecule has 3 aromatic rings. The lowest BCUT2D eigenvalue weighted by atomic mass is 10.0. The summed E-state index contributed by atoms with van der Waals surface area (Å²) in [5, 5.41) is 2.95. The van der Waals surface area contributed by atoms with Crippen molar-refractivity contribution in [1.29, 1.82) is 0 Å². The maximum absolute atomic E-state index is 13.4. The van der Waals surface area contributed by atoms with Gasteiger partial charge >= 0.3 is 0 Å². The third-order valence-electron chi connectivity index (χ3n) is 6.83. The molecule has 7 nitrogen and oxygen atoms in total. The Labute approximate surface area is 210 Å². The Bertz CT molecular complexity index is 1290. The van der Waals surface area contributed by atoms with E-state index in [2.05, 4.69) is 5.32 Å². The van der Waals surface area contributed by atoms with Gasteiger partial charge in [0, 0.05) is 30.6 Å². The molecule has 7 heteroatoms. The van der Waals surface area contributed by atoms with E-state index in [1.807, 2.05) is 66.7 Å². The topological polar surface area (TPSA) is 79.0 Å². The summed E-state index contributed by atoms with van der Waals surface area (Å²) >= 11 is 0. The van der Waals surface area contributed by atoms with Crippen LogP contribution in [0.1, 0.15) is 63.7 Å². The molecule has 3 aromatic carbocycles. The summed E-state index contributed by atoms with van der Waals surface area (Å²) in [6, 6.07) is 22.4. The molecule has 0 bridgehead atoms. The minimum absolute atomic E-state index is 0.00952. The van der Waals surface area contributed by atoms with Crippen LogP contribution < -0.4 is 15.0 Å². The minimum atomic E-state index is -0.427. The number of rotatable bonds is 9. The van der Waals surface area contributed by atoms with Gasteiger partial charge in [0.15, 0.2) is 0 Å². The molecule has 2 aliphatic heterocycles. The second-order valence-corrected chi connectivity index (χ2v) is 9.09. The Morgan fingerprint density at radius 1 is 0.861 bits per heavy atom. The predicted molar refractivity (Wildman–Crippen MR) is 137 cm³/mol. The molecular formula is C29H29N3O4. The molecule has 0 aliphatic carbocycles. The fourth-order valence-corrected chi connectivity index (χ4v) is 4.98. The van der Waals surface area contributed by atoms with Crippen LogP contribution in [0.3, 0.4) is 0 Å². The quantitative estimate of drug-likeness (QED) is 0.448. The van der Waals surface area contributed by atoms with Gasteiger partial charge < -0.3 is 15.0 Å². The van der Waals surface area contributed by atoms with Gasteiger partial charge in [-0.05, 0) is 48.7 Å². The van der Waals surface area contributed by atoms with Crippen molar-refractivity contribution in [2.24, 2.45) is 0 Å². The Morgan fingerprint density at radius 3 is 2.36 bits per heavy atom. The van der Waals surface area contributed by atoms with E-state index in [-0.39, 0.29) is 17.7 Å². The van der Waals surface area contributed by atoms with Crippen LogP contribution in [0.25, 0.3) is 0 Å². The highest BCUT2D eigenvalue weighted by atomic mass is 16.5. The minimum Gasteiger partial charge on any atom is -0.497 e. The zero-order valence-electron chi connectivity index (χ0n) is 20.3. The lowest BCUT2D eigenvalue weighted by Crippen LogP contribution is -2.48. The van der Waals surface area contributed by atoms with Gasteiger partial charge in [-0.25, -0.2) is 0 Å². The molecule has 0 fully saturated rings. The molecule has 1 N–H and O–H groups in total. The molecule has 0 unspecified atom stereocenters. The molecule has 0 radical (unpaired) electrons. The number of anilines is 1. The molecule has 3 amide bonds. The second kappa shape index (κ2) is 10.2. The number of nitrogens with zero attached hydrogens (tertiary/aromatic N) is 2. The molecule has 0 aromatic heterocycles. The third kappa shape index (κ3) is 4.44. The third-order valence-corrected chi connectivity index (χ3v) is 6.83. The fourth-order valence-electron chi connectivity index (χ4n) is 4.98. The van der Waals surface area contributed by atoms with E-state index in [0.717, 1.165) is 36.1 Å². The number of carbonyl (C=O) groups excluding carboxylic acids is 3. The first kappa shape index (κ1) is 23.6. The Hall–Kier alpha value is -4.13. The summed E-state index contributed by atoms with van der Waals surface area (Å²) in [5.41, 5.74) is 3.74. The van der Waals surface area contributed by atoms with Gasteiger partial charge in [-0.3, -0.25) is 19.3 Å². The number of para-hydroxylation sites is 1. The monoisotopic (exact) mass is 483 g/mol. The normalized spacial score (nSPS) is 15.9. The van der Waals surface area contributed by atoms with Crippen molar-refractivity contribution in [3.05, 3.63) is 95.1 Å². The van der Waals surface area contributed by atoms with Crippen LogP contribution in [0.4, 0.5) is 5.69 Å². The van der Waals surface area contributed by atoms with Crippen LogP contribution in [-0.2, 0) is 11.3 Å². The highest BCUT2D eigenvalue weighted by Gasteiger charge is 2.47. The second-order valence-electron chi connectivity index (χ2n) is 9.09. The zero-order chi connectivity index (χ0) is 25.1. The molecule has 1 atom stereocenters. The smallest absolute Gasteiger partial charge is 0.260 e. The van der Waals surface area contributed by atoms with E-state index in [1.165, 1.54) is 0 Å². The maximum Gasteiger partial charge on any atom is 0.260 e. The first-order valence-electron chi connectivity index (χ1n) is 12.3. The van der Waals surface area contributed by atoms with Crippen LogP contribution in [0.15, 0.2) is 72.8 Å². The van der Waals surface area contributed by atoms with E-state index in [1.54, 1.807) is 23.0 Å². The lowest BCUT2D eigenvalue weighted by molar-refractivity contribution is -0.121. The van der Waals surface area contributed by atoms with E-state index < -0.39 is 6.17 Å². The first-order chi connectivity index (χ1) is 17.6. The molecule has 184 valence electrons. The molecular weight excluding hydrogens is 454 g/mol. The summed E-state index contributed by atoms with van der Waals surface area (Å²) in [5.74, 6) is 0.660. The van der Waals surface area contributed by atoms with Crippen molar-refractivity contribution < 1.29 is 19.1 Å². The van der Waals surface area contributed by atoms with Crippen LogP contribution in [0, 0.1) is 0 Å². The Balaban J connectivity index is 1.17. The van der Waals surface area contributed by atoms with Gasteiger partial charge in [0.05, 0.1) is 18.4 Å². The Morgan fingerprint density at radius 2 is 1.58 bits per heavy atom. The average Bonchev–Trinajstić information content (AvgIpc) is 3.21. The van der Waals surface area contributed by atoms with Crippen molar-refractivity contribution in [3.63, 3.8) is 0 Å². The van der Waals surface area contributed by atoms with Crippen LogP contribution >= 0.6 is 0 Å². The van der Waals surface area contributed by atoms with Crippen molar-refractivity contribution in [3.8, 4) is 5.75 Å². The van der Waals surface area contributed by atoms with Crippen molar-refractivity contribution in [1.82, 2.24) is 10.2 Å². The number of nitrogens with one attached hydrogen (secondary N) is 1. The molecule has 5 rings (SSSR count). The summed E-state index contributed by atoms with van der Waals surface area (Å²) < 4.78 is 5.15. The SMILES string of the molecule is COc1ccc(CNC(=O)CCCCCN2C(=O)c3ccccc3N3C(=O)c4ccccc4[C@@H]23)cc1. The van der Waals surface area contributed by atoms with E-state index in [4.69, 9.17) is 4.74 Å². The lowest BCUT2D eigenvalue weighted by Gasteiger charge is -2.41. The maximum atomic E-state index is 13.4. The van der Waals surface area contributed by atoms with Gasteiger partial charge in [0.2, 0.25) is 5.91 Å². The fraction of sp³-hybridized carbons (Fsp3) is 0.276. The molecule has 2 aliphatic rings. The number of fused-ring (bicyclic) bond motifs is 5. The average molecular weight is 484 g/mol. The first-order valence-corrected chi connectivity index (χ1v) is 12.3. The van der Waals surface area contributed by atoms with E-state index in [0.29, 0.717) is 36.3 Å². The zero-order valence-corrected chi connectivity index (χ0v) is 20.3. The van der Waals surface area contributed by atoms with Crippen molar-refractivity contribution in [2.45, 2.75) is 38.4 Å². The number of hydrogen-bond acceptors (Lipinski definition) is 4. The summed E-state index contributed by atoms with van der Waals surface area (Å²) in [4.78, 5) is 42.5. The number of amides is 3. The van der Waals surface area contributed by atoms with Crippen LogP contribution in [0.5, 0.6) is 5.75 Å². The van der Waals surface area contributed by atoms with Gasteiger partial charge in [0.1, 0.15) is 11.9 Å². The van der Waals surface area contributed by atoms with Gasteiger partial charge in [-0.2, -0.15) is 0 Å². The van der Waals surface area contributed by atoms with E-state index in [9.17, 15) is 14.4 Å². The number of hydrogen-bond donors (Lipinski definition) is 1. The highest BCUT2D eigenvalue weighted by Crippen LogP contribution is 2.45. The number of methoxy groups -OCH3 is 1. The highest BCUT2D eigenvalue weighted by molar-refractivity contribution is 6.16. The van der Waals surface area contributed by atoms with Crippen LogP contribution in [-0.4, -0.2) is 36.3 Å². The van der Waals surface area contributed by atoms with Gasteiger partial charge in [0.25, 0.3) is 11.8 Å². The number of unbranched alkanes of at least 4 members (excludes halogenated alkanes) is 2. The predicted octanol–water partition coefficient (Wildman–Crippen LogP) is 4.69. The summed E-state index contributed by atoms with van der Waals surface area (Å²) in [7, 11) is 1.62. The molecule has 0 saturated heterocycles.